The number of rotatable bonds is 3. The predicted octanol–water partition coefficient (Wildman–Crippen LogP) is 1.33. The van der Waals surface area contributed by atoms with Crippen LogP contribution < -0.4 is 0 Å². The molecule has 2 aromatic heterocycles. The van der Waals surface area contributed by atoms with Crippen LogP contribution in [0.2, 0.25) is 0 Å². The van der Waals surface area contributed by atoms with E-state index in [2.05, 4.69) is 19.9 Å². The fraction of sp³-hybridized carbons (Fsp3) is 0.111. The number of pyridine rings is 1. The summed E-state index contributed by atoms with van der Waals surface area (Å²) in [5, 5.41) is 12.0. The van der Waals surface area contributed by atoms with Crippen LogP contribution in [0.4, 0.5) is 4.79 Å². The third kappa shape index (κ3) is 2.32. The summed E-state index contributed by atoms with van der Waals surface area (Å²) in [6.45, 7) is -0.257. The summed E-state index contributed by atoms with van der Waals surface area (Å²) in [5.74, 6) is 0.473. The lowest BCUT2D eigenvalue weighted by molar-refractivity contribution is 0.0756. The van der Waals surface area contributed by atoms with Crippen molar-refractivity contribution in [1.82, 2.24) is 15.1 Å². The van der Waals surface area contributed by atoms with Gasteiger partial charge in [0.1, 0.15) is 0 Å². The van der Waals surface area contributed by atoms with E-state index in [9.17, 15) is 4.79 Å². The zero-order valence-electron chi connectivity index (χ0n) is 8.03. The maximum absolute atomic E-state index is 10.1. The number of carboxylic acid groups (broad SMARTS) is 1. The summed E-state index contributed by atoms with van der Waals surface area (Å²) in [6, 6.07) is 3.43. The van der Waals surface area contributed by atoms with E-state index in [-0.39, 0.29) is 12.5 Å². The molecule has 0 spiro atoms. The lowest BCUT2D eigenvalue weighted by Gasteiger charge is -1.92. The van der Waals surface area contributed by atoms with Gasteiger partial charge in [-0.15, -0.1) is 0 Å². The molecule has 2 rings (SSSR count). The lowest BCUT2D eigenvalue weighted by atomic mass is 10.2. The molecule has 0 aliphatic carbocycles. The number of aromatic nitrogens is 3. The maximum atomic E-state index is 10.1. The Labute approximate surface area is 89.7 Å². The minimum absolute atomic E-state index is 0.106. The van der Waals surface area contributed by atoms with E-state index < -0.39 is 6.16 Å². The fourth-order valence-electron chi connectivity index (χ4n) is 1.06. The molecule has 0 radical (unpaired) electrons. The number of hydrogen-bond donors (Lipinski definition) is 1. The van der Waals surface area contributed by atoms with Crippen LogP contribution >= 0.6 is 0 Å². The molecule has 0 atom stereocenters. The molecular formula is C9H7N3O4. The highest BCUT2D eigenvalue weighted by atomic mass is 16.7. The van der Waals surface area contributed by atoms with Gasteiger partial charge in [0.25, 0.3) is 5.89 Å². The SMILES string of the molecule is O=C(O)OCc1nc(-c2ccncc2)no1. The number of carbonyl (C=O) groups is 1. The molecule has 0 fully saturated rings. The molecule has 7 heteroatoms. The van der Waals surface area contributed by atoms with Crippen molar-refractivity contribution in [3.8, 4) is 11.4 Å². The van der Waals surface area contributed by atoms with Gasteiger partial charge in [-0.3, -0.25) is 4.98 Å². The molecule has 16 heavy (non-hydrogen) atoms. The van der Waals surface area contributed by atoms with Crippen LogP contribution in [-0.2, 0) is 11.3 Å². The molecular weight excluding hydrogens is 214 g/mol. The third-order valence-corrected chi connectivity index (χ3v) is 1.73. The largest absolute Gasteiger partial charge is 0.506 e. The van der Waals surface area contributed by atoms with Gasteiger partial charge in [0.15, 0.2) is 6.61 Å². The van der Waals surface area contributed by atoms with Gasteiger partial charge in [-0.1, -0.05) is 5.16 Å². The van der Waals surface area contributed by atoms with Crippen molar-refractivity contribution in [2.45, 2.75) is 6.61 Å². The zero-order valence-corrected chi connectivity index (χ0v) is 8.03. The predicted molar refractivity (Wildman–Crippen MR) is 50.3 cm³/mol. The minimum atomic E-state index is -1.39. The van der Waals surface area contributed by atoms with Gasteiger partial charge in [-0.25, -0.2) is 4.79 Å². The van der Waals surface area contributed by atoms with Crippen LogP contribution in [0.25, 0.3) is 11.4 Å². The summed E-state index contributed by atoms with van der Waals surface area (Å²) >= 11 is 0. The average Bonchev–Trinajstić information content (AvgIpc) is 2.76. The molecule has 0 aromatic carbocycles. The molecule has 0 bridgehead atoms. The first-order valence-corrected chi connectivity index (χ1v) is 4.34. The highest BCUT2D eigenvalue weighted by Gasteiger charge is 2.09. The van der Waals surface area contributed by atoms with E-state index in [0.717, 1.165) is 5.56 Å². The van der Waals surface area contributed by atoms with E-state index in [1.54, 1.807) is 24.5 Å². The molecule has 0 aliphatic heterocycles. The Hall–Kier alpha value is -2.44. The van der Waals surface area contributed by atoms with Crippen LogP contribution in [0.15, 0.2) is 29.0 Å². The molecule has 2 aromatic rings. The summed E-state index contributed by atoms with van der Waals surface area (Å²) in [5.41, 5.74) is 0.736. The first-order valence-electron chi connectivity index (χ1n) is 4.34. The molecule has 0 unspecified atom stereocenters. The van der Waals surface area contributed by atoms with Gasteiger partial charge in [0.05, 0.1) is 0 Å². The average molecular weight is 221 g/mol. The quantitative estimate of drug-likeness (QED) is 0.780. The lowest BCUT2D eigenvalue weighted by Crippen LogP contribution is -2.00. The smallest absolute Gasteiger partial charge is 0.450 e. The zero-order chi connectivity index (χ0) is 11.4. The summed E-state index contributed by atoms with van der Waals surface area (Å²) in [4.78, 5) is 17.9. The molecule has 7 nitrogen and oxygen atoms in total. The van der Waals surface area contributed by atoms with E-state index in [1.165, 1.54) is 0 Å². The highest BCUT2D eigenvalue weighted by Crippen LogP contribution is 2.14. The summed E-state index contributed by atoms with van der Waals surface area (Å²) in [6.07, 6.45) is 1.81. The first kappa shape index (κ1) is 10.1. The molecule has 0 amide bonds. The Balaban J connectivity index is 2.11. The molecule has 0 aliphatic rings. The Bertz CT molecular complexity index is 483. The van der Waals surface area contributed by atoms with Crippen molar-refractivity contribution >= 4 is 6.16 Å². The van der Waals surface area contributed by atoms with Crippen LogP contribution in [0.5, 0.6) is 0 Å². The maximum Gasteiger partial charge on any atom is 0.506 e. The second kappa shape index (κ2) is 4.39. The third-order valence-electron chi connectivity index (χ3n) is 1.73. The number of ether oxygens (including phenoxy) is 1. The number of hydrogen-bond acceptors (Lipinski definition) is 6. The molecule has 2 heterocycles. The van der Waals surface area contributed by atoms with E-state index >= 15 is 0 Å². The van der Waals surface area contributed by atoms with Gasteiger partial charge in [-0.05, 0) is 12.1 Å². The Morgan fingerprint density at radius 2 is 2.19 bits per heavy atom. The van der Waals surface area contributed by atoms with Gasteiger partial charge in [0.2, 0.25) is 5.82 Å². The second-order valence-electron chi connectivity index (χ2n) is 2.80. The van der Waals surface area contributed by atoms with Crippen molar-refractivity contribution in [3.63, 3.8) is 0 Å². The van der Waals surface area contributed by atoms with Crippen molar-refractivity contribution < 1.29 is 19.2 Å². The minimum Gasteiger partial charge on any atom is -0.450 e. The Kier molecular flexibility index (Phi) is 2.77. The molecule has 0 saturated carbocycles. The summed E-state index contributed by atoms with van der Waals surface area (Å²) in [7, 11) is 0. The standard InChI is InChI=1S/C9H7N3O4/c13-9(14)15-5-7-11-8(12-16-7)6-1-3-10-4-2-6/h1-4H,5H2,(H,13,14). The molecule has 1 N–H and O–H groups in total. The van der Waals surface area contributed by atoms with E-state index in [4.69, 9.17) is 9.63 Å². The van der Waals surface area contributed by atoms with Gasteiger partial charge >= 0.3 is 6.16 Å². The normalized spacial score (nSPS) is 10.0. The van der Waals surface area contributed by atoms with Gasteiger partial charge < -0.3 is 14.4 Å². The number of nitrogens with zero attached hydrogens (tertiary/aromatic N) is 3. The second-order valence-corrected chi connectivity index (χ2v) is 2.80. The van der Waals surface area contributed by atoms with Crippen molar-refractivity contribution in [3.05, 3.63) is 30.4 Å². The van der Waals surface area contributed by atoms with Crippen LogP contribution in [-0.4, -0.2) is 26.4 Å². The molecule has 82 valence electrons. The monoisotopic (exact) mass is 221 g/mol. The van der Waals surface area contributed by atoms with Crippen molar-refractivity contribution in [1.29, 1.82) is 0 Å². The van der Waals surface area contributed by atoms with Crippen LogP contribution in [0.3, 0.4) is 0 Å². The van der Waals surface area contributed by atoms with Crippen molar-refractivity contribution in [2.75, 3.05) is 0 Å². The van der Waals surface area contributed by atoms with E-state index in [1.807, 2.05) is 0 Å². The first-order chi connectivity index (χ1) is 7.75. The highest BCUT2D eigenvalue weighted by molar-refractivity contribution is 5.56. The van der Waals surface area contributed by atoms with Crippen LogP contribution in [0.1, 0.15) is 5.89 Å². The molecule has 0 saturated heterocycles. The van der Waals surface area contributed by atoms with Gasteiger partial charge in [0, 0.05) is 18.0 Å². The fourth-order valence-corrected chi connectivity index (χ4v) is 1.06. The van der Waals surface area contributed by atoms with Crippen LogP contribution in [0, 0.1) is 0 Å². The Morgan fingerprint density at radius 1 is 1.44 bits per heavy atom. The summed E-state index contributed by atoms with van der Waals surface area (Å²) < 4.78 is 9.08. The Morgan fingerprint density at radius 3 is 2.88 bits per heavy atom. The van der Waals surface area contributed by atoms with Gasteiger partial charge in [-0.2, -0.15) is 4.98 Å². The topological polar surface area (TPSA) is 98.3 Å². The van der Waals surface area contributed by atoms with Crippen molar-refractivity contribution in [2.24, 2.45) is 0 Å². The van der Waals surface area contributed by atoms with E-state index in [0.29, 0.717) is 5.82 Å².